The molecule has 0 radical (unpaired) electrons. The molecule has 3 aromatic rings. The third kappa shape index (κ3) is 5.01. The summed E-state index contributed by atoms with van der Waals surface area (Å²) in [5.74, 6) is 0.986. The Morgan fingerprint density at radius 3 is 2.33 bits per heavy atom. The number of nitrogens with two attached hydrogens (primary N) is 1. The molecule has 0 aliphatic carbocycles. The van der Waals surface area contributed by atoms with Crippen LogP contribution in [0.1, 0.15) is 0 Å². The summed E-state index contributed by atoms with van der Waals surface area (Å²) < 4.78 is 35.9. The third-order valence-corrected chi connectivity index (χ3v) is 6.73. The second kappa shape index (κ2) is 9.71. The number of nitrogens with zero attached hydrogens (tertiary/aromatic N) is 2. The van der Waals surface area contributed by atoms with Crippen molar-refractivity contribution in [2.45, 2.75) is 4.90 Å². The van der Waals surface area contributed by atoms with Crippen molar-refractivity contribution in [2.24, 2.45) is 17.2 Å². The predicted octanol–water partition coefficient (Wildman–Crippen LogP) is 4.54. The van der Waals surface area contributed by atoms with Crippen molar-refractivity contribution >= 4 is 67.2 Å². The number of methoxy groups -OCH3 is 2. The van der Waals surface area contributed by atoms with Crippen LogP contribution in [0.25, 0.3) is 11.3 Å². The first-order chi connectivity index (χ1) is 13.7. The fourth-order valence-corrected chi connectivity index (χ4v) is 4.87. The molecule has 2 N–H and O–H groups in total. The Morgan fingerprint density at radius 1 is 1.07 bits per heavy atom. The van der Waals surface area contributed by atoms with E-state index >= 15 is 0 Å². The maximum atomic E-state index is 11.8. The smallest absolute Gasteiger partial charge is 0.239 e. The number of sulfonamides is 1. The van der Waals surface area contributed by atoms with E-state index in [9.17, 15) is 8.42 Å². The summed E-state index contributed by atoms with van der Waals surface area (Å²) >= 11 is 13.6. The van der Waals surface area contributed by atoms with Crippen molar-refractivity contribution in [3.8, 4) is 22.8 Å². The van der Waals surface area contributed by atoms with Gasteiger partial charge in [0.1, 0.15) is 22.1 Å². The second-order valence-electron chi connectivity index (χ2n) is 5.92. The van der Waals surface area contributed by atoms with E-state index in [-0.39, 0.29) is 26.9 Å². The highest BCUT2D eigenvalue weighted by molar-refractivity contribution is 8.93. The summed E-state index contributed by atoms with van der Waals surface area (Å²) in [6.45, 7) is 0. The molecule has 7 nitrogen and oxygen atoms in total. The Kier molecular flexibility index (Phi) is 8.00. The molecule has 0 aliphatic heterocycles. The Bertz CT molecular complexity index is 1260. The SMILES string of the molecule is Br.COc1cc(OC)c(N=c2scc(-c3ccc(Cl)c(S(N)(=O)=O)c3)n2C)cc1Cl. The molecule has 1 heterocycles. The van der Waals surface area contributed by atoms with Gasteiger partial charge in [-0.05, 0) is 18.2 Å². The summed E-state index contributed by atoms with van der Waals surface area (Å²) in [5.41, 5.74) is 1.91. The van der Waals surface area contributed by atoms with Crippen molar-refractivity contribution < 1.29 is 17.9 Å². The Labute approximate surface area is 198 Å². The quantitative estimate of drug-likeness (QED) is 0.501. The van der Waals surface area contributed by atoms with Crippen LogP contribution >= 0.6 is 51.5 Å². The van der Waals surface area contributed by atoms with Crippen LogP contribution in [0.5, 0.6) is 11.5 Å². The molecule has 0 amide bonds. The van der Waals surface area contributed by atoms with E-state index in [1.807, 2.05) is 17.0 Å². The van der Waals surface area contributed by atoms with E-state index in [2.05, 4.69) is 4.99 Å². The molecule has 162 valence electrons. The molecule has 0 spiro atoms. The highest BCUT2D eigenvalue weighted by atomic mass is 79.9. The molecule has 0 saturated carbocycles. The monoisotopic (exact) mass is 553 g/mol. The largest absolute Gasteiger partial charge is 0.495 e. The average molecular weight is 555 g/mol. The Hall–Kier alpha value is -1.56. The zero-order valence-corrected chi connectivity index (χ0v) is 20.9. The molecule has 30 heavy (non-hydrogen) atoms. The minimum absolute atomic E-state index is 0. The lowest BCUT2D eigenvalue weighted by Gasteiger charge is -2.09. The number of primary sulfonamides is 1. The standard InChI is InChI=1S/C18H17Cl2N3O4S2.BrH/c1-23-14(10-4-5-11(19)17(6-10)29(21,24)25)9-28-18(23)22-13-7-12(20)15(26-2)8-16(13)27-3;/h4-9H,1-3H3,(H2,21,24,25);1H. The predicted molar refractivity (Wildman–Crippen MR) is 125 cm³/mol. The van der Waals surface area contributed by atoms with E-state index in [0.29, 0.717) is 32.6 Å². The molecular formula is C18H18BrCl2N3O4S2. The van der Waals surface area contributed by atoms with Gasteiger partial charge in [-0.2, -0.15) is 0 Å². The number of aromatic nitrogens is 1. The molecule has 12 heteroatoms. The van der Waals surface area contributed by atoms with Gasteiger partial charge in [0.05, 0.1) is 30.0 Å². The first-order valence-electron chi connectivity index (χ1n) is 8.09. The van der Waals surface area contributed by atoms with E-state index < -0.39 is 10.0 Å². The van der Waals surface area contributed by atoms with Crippen molar-refractivity contribution in [3.05, 3.63) is 50.6 Å². The van der Waals surface area contributed by atoms with Crippen LogP contribution in [0.4, 0.5) is 5.69 Å². The average Bonchev–Trinajstić information content (AvgIpc) is 3.02. The first-order valence-corrected chi connectivity index (χ1v) is 11.3. The molecule has 0 unspecified atom stereocenters. The summed E-state index contributed by atoms with van der Waals surface area (Å²) in [5, 5.41) is 7.57. The van der Waals surface area contributed by atoms with E-state index in [1.54, 1.807) is 18.2 Å². The van der Waals surface area contributed by atoms with Crippen LogP contribution in [0, 0.1) is 0 Å². The lowest BCUT2D eigenvalue weighted by molar-refractivity contribution is 0.395. The van der Waals surface area contributed by atoms with Crippen LogP contribution in [0.3, 0.4) is 0 Å². The van der Waals surface area contributed by atoms with Crippen LogP contribution in [-0.2, 0) is 17.1 Å². The van der Waals surface area contributed by atoms with Gasteiger partial charge < -0.3 is 14.0 Å². The zero-order chi connectivity index (χ0) is 21.3. The molecule has 1 aromatic heterocycles. The summed E-state index contributed by atoms with van der Waals surface area (Å²) in [6.07, 6.45) is 0. The lowest BCUT2D eigenvalue weighted by atomic mass is 10.2. The topological polar surface area (TPSA) is 95.9 Å². The van der Waals surface area contributed by atoms with Gasteiger partial charge in [-0.25, -0.2) is 18.5 Å². The minimum atomic E-state index is -3.94. The molecule has 0 saturated heterocycles. The fraction of sp³-hybridized carbons (Fsp3) is 0.167. The van der Waals surface area contributed by atoms with Crippen LogP contribution in [-0.4, -0.2) is 27.2 Å². The molecule has 0 bridgehead atoms. The third-order valence-electron chi connectivity index (χ3n) is 4.13. The van der Waals surface area contributed by atoms with Crippen molar-refractivity contribution in [1.29, 1.82) is 0 Å². The maximum absolute atomic E-state index is 11.8. The summed E-state index contributed by atoms with van der Waals surface area (Å²) in [4.78, 5) is 5.14. The zero-order valence-electron chi connectivity index (χ0n) is 16.0. The van der Waals surface area contributed by atoms with Gasteiger partial charge in [0.2, 0.25) is 10.0 Å². The number of benzene rings is 2. The number of rotatable bonds is 5. The first kappa shape index (κ1) is 24.7. The molecule has 2 aromatic carbocycles. The van der Waals surface area contributed by atoms with E-state index in [4.69, 9.17) is 37.8 Å². The van der Waals surface area contributed by atoms with Gasteiger partial charge in [-0.1, -0.05) is 29.3 Å². The van der Waals surface area contributed by atoms with Crippen molar-refractivity contribution in [3.63, 3.8) is 0 Å². The Balaban J connectivity index is 0.00000320. The minimum Gasteiger partial charge on any atom is -0.495 e. The van der Waals surface area contributed by atoms with Gasteiger partial charge >= 0.3 is 0 Å². The number of hydrogen-bond donors (Lipinski definition) is 1. The molecule has 0 atom stereocenters. The number of ether oxygens (including phenoxy) is 2. The van der Waals surface area contributed by atoms with E-state index in [1.165, 1.54) is 37.7 Å². The Morgan fingerprint density at radius 2 is 1.73 bits per heavy atom. The highest BCUT2D eigenvalue weighted by Gasteiger charge is 2.16. The molecule has 0 aliphatic rings. The number of hydrogen-bond acceptors (Lipinski definition) is 6. The van der Waals surface area contributed by atoms with Crippen molar-refractivity contribution in [2.75, 3.05) is 14.2 Å². The van der Waals surface area contributed by atoms with Crippen molar-refractivity contribution in [1.82, 2.24) is 4.57 Å². The lowest BCUT2D eigenvalue weighted by Crippen LogP contribution is -2.14. The van der Waals surface area contributed by atoms with Crippen LogP contribution in [0.2, 0.25) is 10.0 Å². The molecule has 0 fully saturated rings. The summed E-state index contributed by atoms with van der Waals surface area (Å²) in [7, 11) is 0.920. The van der Waals surface area contributed by atoms with Gasteiger partial charge in [0.25, 0.3) is 0 Å². The van der Waals surface area contributed by atoms with Gasteiger partial charge in [-0.3, -0.25) is 0 Å². The number of halogens is 3. The van der Waals surface area contributed by atoms with E-state index in [0.717, 1.165) is 5.69 Å². The summed E-state index contributed by atoms with van der Waals surface area (Å²) in [6, 6.07) is 7.96. The molecular weight excluding hydrogens is 537 g/mol. The van der Waals surface area contributed by atoms with Gasteiger partial charge in [-0.15, -0.1) is 28.3 Å². The fourth-order valence-electron chi connectivity index (χ4n) is 2.65. The van der Waals surface area contributed by atoms with Crippen LogP contribution < -0.4 is 19.4 Å². The van der Waals surface area contributed by atoms with Gasteiger partial charge in [0.15, 0.2) is 4.80 Å². The normalized spacial score (nSPS) is 11.9. The number of thiazole rings is 1. The maximum Gasteiger partial charge on any atom is 0.239 e. The highest BCUT2D eigenvalue weighted by Crippen LogP contribution is 2.37. The second-order valence-corrected chi connectivity index (χ2v) is 9.10. The van der Waals surface area contributed by atoms with Gasteiger partial charge in [0, 0.05) is 24.1 Å². The van der Waals surface area contributed by atoms with Crippen LogP contribution in [0.15, 0.2) is 45.6 Å². The molecule has 3 rings (SSSR count).